The number of ether oxygens (including phenoxy) is 2. The number of nitrogens with zero attached hydrogens (tertiary/aromatic N) is 1. The van der Waals surface area contributed by atoms with Gasteiger partial charge in [0.05, 0.1) is 18.4 Å². The molecule has 0 aliphatic carbocycles. The van der Waals surface area contributed by atoms with Gasteiger partial charge in [-0.25, -0.2) is 4.79 Å². The van der Waals surface area contributed by atoms with Gasteiger partial charge in [0, 0.05) is 13.8 Å². The average Bonchev–Trinajstić information content (AvgIpc) is 3.05. The van der Waals surface area contributed by atoms with E-state index >= 15 is 0 Å². The highest BCUT2D eigenvalue weighted by Crippen LogP contribution is 2.50. The van der Waals surface area contributed by atoms with Crippen LogP contribution < -0.4 is 15.9 Å². The molecule has 1 unspecified atom stereocenters. The van der Waals surface area contributed by atoms with Gasteiger partial charge in [-0.1, -0.05) is 121 Å². The lowest BCUT2D eigenvalue weighted by atomic mass is 9.81. The van der Waals surface area contributed by atoms with Crippen LogP contribution in [0, 0.1) is 5.92 Å². The number of hydrogen-bond donors (Lipinski definition) is 1. The van der Waals surface area contributed by atoms with Crippen molar-refractivity contribution in [1.29, 1.82) is 0 Å². The van der Waals surface area contributed by atoms with Crippen molar-refractivity contribution in [2.45, 2.75) is 39.0 Å². The Hall–Kier alpha value is -4.94. The van der Waals surface area contributed by atoms with E-state index in [1.807, 2.05) is 121 Å². The quantitative estimate of drug-likeness (QED) is 0.152. The first-order chi connectivity index (χ1) is 21.7. The molecule has 1 saturated heterocycles. The second kappa shape index (κ2) is 13.8. The average molecular weight is 624 g/mol. The minimum absolute atomic E-state index is 0.0551. The third-order valence-electron chi connectivity index (χ3n) is 7.88. The fourth-order valence-corrected chi connectivity index (χ4v) is 10.4. The van der Waals surface area contributed by atoms with Gasteiger partial charge in [0.15, 0.2) is 0 Å². The van der Waals surface area contributed by atoms with E-state index in [4.69, 9.17) is 9.47 Å². The first-order valence-electron chi connectivity index (χ1n) is 14.6. The lowest BCUT2D eigenvalue weighted by molar-refractivity contribution is -0.168. The van der Waals surface area contributed by atoms with Crippen LogP contribution in [0.15, 0.2) is 121 Å². The number of likely N-dealkylation sites (tertiary alicyclic amines) is 1. The Morgan fingerprint density at radius 3 is 1.64 bits per heavy atom. The summed E-state index contributed by atoms with van der Waals surface area (Å²) in [6, 6.07) is 36.7. The van der Waals surface area contributed by atoms with E-state index in [1.165, 1.54) is 11.8 Å². The van der Waals surface area contributed by atoms with Crippen molar-refractivity contribution in [2.24, 2.45) is 5.92 Å². The van der Waals surface area contributed by atoms with Crippen molar-refractivity contribution in [1.82, 2.24) is 4.90 Å². The molecule has 0 saturated carbocycles. The number of benzene rings is 4. The molecule has 0 radical (unpaired) electrons. The van der Waals surface area contributed by atoms with Gasteiger partial charge in [0.1, 0.15) is 18.1 Å². The van der Waals surface area contributed by atoms with E-state index in [0.717, 1.165) is 21.5 Å². The van der Waals surface area contributed by atoms with Crippen LogP contribution in [0.1, 0.15) is 25.8 Å². The van der Waals surface area contributed by atoms with E-state index in [-0.39, 0.29) is 12.0 Å². The number of carboxylic acid groups (broad SMARTS) is 1. The Morgan fingerprint density at radius 2 is 1.22 bits per heavy atom. The van der Waals surface area contributed by atoms with Gasteiger partial charge in [0.2, 0.25) is 5.91 Å². The number of carbonyl (C=O) groups excluding carboxylic acids is 3. The van der Waals surface area contributed by atoms with Crippen molar-refractivity contribution in [3.63, 3.8) is 0 Å². The lowest BCUT2D eigenvalue weighted by Gasteiger charge is -2.50. The highest BCUT2D eigenvalue weighted by molar-refractivity contribution is 7.96. The molecule has 1 heterocycles. The molecule has 45 heavy (non-hydrogen) atoms. The number of carbonyl (C=O) groups is 4. The molecule has 1 amide bonds. The molecule has 1 aliphatic heterocycles. The summed E-state index contributed by atoms with van der Waals surface area (Å²) in [6.07, 6.45) is -1.37. The summed E-state index contributed by atoms with van der Waals surface area (Å²) < 4.78 is 11.4. The van der Waals surface area contributed by atoms with E-state index in [2.05, 4.69) is 0 Å². The molecule has 1 aliphatic rings. The molecule has 0 bridgehead atoms. The van der Waals surface area contributed by atoms with Gasteiger partial charge >= 0.3 is 17.9 Å². The molecule has 9 heteroatoms. The van der Waals surface area contributed by atoms with E-state index in [9.17, 15) is 24.3 Å². The molecule has 1 fully saturated rings. The van der Waals surface area contributed by atoms with Gasteiger partial charge in [-0.05, 0) is 28.4 Å². The maximum atomic E-state index is 14.7. The largest absolute Gasteiger partial charge is 0.481 e. The maximum absolute atomic E-state index is 14.7. The molecule has 5 rings (SSSR count). The van der Waals surface area contributed by atoms with E-state index < -0.39 is 55.2 Å². The Morgan fingerprint density at radius 1 is 0.778 bits per heavy atom. The zero-order valence-corrected chi connectivity index (χ0v) is 25.9. The predicted octanol–water partition coefficient (Wildman–Crippen LogP) is 4.11. The number of carboxylic acids is 1. The highest BCUT2D eigenvalue weighted by atomic mass is 31.2. The second-order valence-electron chi connectivity index (χ2n) is 10.8. The molecule has 3 atom stereocenters. The van der Waals surface area contributed by atoms with Gasteiger partial charge in [-0.2, -0.15) is 0 Å². The van der Waals surface area contributed by atoms with E-state index in [1.54, 1.807) is 6.92 Å². The van der Waals surface area contributed by atoms with Gasteiger partial charge < -0.3 is 19.5 Å². The Labute approximate surface area is 262 Å². The van der Waals surface area contributed by atoms with Crippen LogP contribution in [0.3, 0.4) is 0 Å². The first-order valence-corrected chi connectivity index (χ1v) is 16.4. The van der Waals surface area contributed by atoms with Gasteiger partial charge in [-0.3, -0.25) is 14.4 Å². The van der Waals surface area contributed by atoms with Crippen LogP contribution in [0.5, 0.6) is 0 Å². The summed E-state index contributed by atoms with van der Waals surface area (Å²) in [7, 11) is 0. The summed E-state index contributed by atoms with van der Waals surface area (Å²) in [5.74, 6) is -3.95. The van der Waals surface area contributed by atoms with Crippen molar-refractivity contribution >= 4 is 52.0 Å². The Bertz CT molecular complexity index is 1620. The monoisotopic (exact) mass is 623 g/mol. The number of aliphatic carboxylic acids is 1. The zero-order chi connectivity index (χ0) is 32.0. The molecule has 230 valence electrons. The van der Waals surface area contributed by atoms with E-state index in [0.29, 0.717) is 0 Å². The summed E-state index contributed by atoms with van der Waals surface area (Å²) in [5, 5.41) is 12.4. The smallest absolute Gasteiger partial charge is 0.356 e. The van der Waals surface area contributed by atoms with Gasteiger partial charge in [0.25, 0.3) is 0 Å². The molecule has 4 aromatic carbocycles. The van der Waals surface area contributed by atoms with Crippen molar-refractivity contribution in [3.8, 4) is 0 Å². The highest BCUT2D eigenvalue weighted by Gasteiger charge is 2.56. The summed E-state index contributed by atoms with van der Waals surface area (Å²) in [6.45, 7) is -0.471. The number of β-lactam (4-membered cyclic amide) rings is 1. The van der Waals surface area contributed by atoms with Crippen LogP contribution in [0.4, 0.5) is 0 Å². The standard InChI is InChI=1S/C36H34NO7P/c1-25(44-26(2)38)33-31(23-32(39)40)37(34(33)41)35(36(42)43-24-27-15-7-3-8-16-27)45(28-17-9-4-10-18-28,29-19-11-5-12-20-29)30-21-13-6-14-22-30/h3-22,25,31,33H,23-24H2,1-2H3,(H,39,40)/t25?,31-,33+/m0/s1. The molecule has 0 aromatic heterocycles. The molecule has 8 nitrogen and oxygen atoms in total. The molecular weight excluding hydrogens is 589 g/mol. The predicted molar refractivity (Wildman–Crippen MR) is 174 cm³/mol. The van der Waals surface area contributed by atoms with Crippen LogP contribution in [0.2, 0.25) is 0 Å². The van der Waals surface area contributed by atoms with Crippen molar-refractivity contribution in [3.05, 3.63) is 127 Å². The fraction of sp³-hybridized carbons (Fsp3) is 0.194. The Balaban J connectivity index is 1.85. The number of hydrogen-bond acceptors (Lipinski definition) is 6. The lowest BCUT2D eigenvalue weighted by Crippen LogP contribution is -2.69. The SMILES string of the molecule is CC(=O)OC(C)[C@H]1C(=O)N(C(C(=O)OCc2ccccc2)=P(c2ccccc2)(c2ccccc2)c2ccccc2)[C@H]1CC(=O)O. The summed E-state index contributed by atoms with van der Waals surface area (Å²) in [5.41, 5.74) is 0.830. The van der Waals surface area contributed by atoms with Gasteiger partial charge in [-0.15, -0.1) is 0 Å². The normalized spacial score (nSPS) is 16.7. The van der Waals surface area contributed by atoms with Crippen LogP contribution in [-0.2, 0) is 35.3 Å². The summed E-state index contributed by atoms with van der Waals surface area (Å²) in [4.78, 5) is 54.4. The zero-order valence-electron chi connectivity index (χ0n) is 25.0. The van der Waals surface area contributed by atoms with Crippen LogP contribution >= 0.6 is 6.89 Å². The molecule has 4 aromatic rings. The molecular formula is C36H34NO7P. The Kier molecular flexibility index (Phi) is 9.65. The minimum atomic E-state index is -3.22. The first kappa shape index (κ1) is 31.5. The fourth-order valence-electron chi connectivity index (χ4n) is 6.03. The number of amides is 1. The maximum Gasteiger partial charge on any atom is 0.356 e. The number of esters is 2. The second-order valence-corrected chi connectivity index (χ2v) is 14.1. The molecule has 1 N–H and O–H groups in total. The van der Waals surface area contributed by atoms with Crippen LogP contribution in [-0.4, -0.2) is 51.4 Å². The third-order valence-corrected chi connectivity index (χ3v) is 12.1. The van der Waals surface area contributed by atoms with Crippen LogP contribution in [0.25, 0.3) is 0 Å². The third kappa shape index (κ3) is 6.33. The summed E-state index contributed by atoms with van der Waals surface area (Å²) >= 11 is 0. The van der Waals surface area contributed by atoms with Crippen molar-refractivity contribution < 1.29 is 33.8 Å². The minimum Gasteiger partial charge on any atom is -0.481 e. The van der Waals surface area contributed by atoms with Crippen molar-refractivity contribution in [2.75, 3.05) is 0 Å². The topological polar surface area (TPSA) is 110 Å². The number of rotatable bonds is 11. The molecule has 0 spiro atoms.